The highest BCUT2D eigenvalue weighted by atomic mass is 79.9. The van der Waals surface area contributed by atoms with Gasteiger partial charge in [-0.1, -0.05) is 142 Å². The number of benzene rings is 5. The number of aromatic nitrogens is 2. The Morgan fingerprint density at radius 1 is 0.552 bits per heavy atom. The molecular weight excluding hydrogens is 901 g/mol. The van der Waals surface area contributed by atoms with Crippen molar-refractivity contribution in [3.05, 3.63) is 165 Å². The van der Waals surface area contributed by atoms with Crippen LogP contribution in [0.25, 0.3) is 33.1 Å². The van der Waals surface area contributed by atoms with Crippen LogP contribution in [0.15, 0.2) is 132 Å². The first-order valence-electron chi connectivity index (χ1n) is 24.1. The molecule has 2 saturated carbocycles. The highest BCUT2D eigenvalue weighted by molar-refractivity contribution is 9.10. The third-order valence-corrected chi connectivity index (χ3v) is 14.4. The number of hydrogen-bond donors (Lipinski definition) is 2. The van der Waals surface area contributed by atoms with Crippen LogP contribution < -0.4 is 0 Å². The average molecular weight is 962 g/mol. The van der Waals surface area contributed by atoms with Gasteiger partial charge in [-0.2, -0.15) is 0 Å². The molecule has 2 aliphatic carbocycles. The smallest absolute Gasteiger partial charge is 0.306 e. The second-order valence-electron chi connectivity index (χ2n) is 18.4. The Kier molecular flexibility index (Phi) is 16.0. The highest BCUT2D eigenvalue weighted by Gasteiger charge is 2.31. The zero-order chi connectivity index (χ0) is 46.7. The van der Waals surface area contributed by atoms with Gasteiger partial charge in [0.25, 0.3) is 0 Å². The van der Waals surface area contributed by atoms with Gasteiger partial charge in [-0.15, -0.1) is 0 Å². The maximum Gasteiger partial charge on any atom is 0.306 e. The molecule has 0 saturated heterocycles. The number of fused-ring (bicyclic) bond motifs is 2. The van der Waals surface area contributed by atoms with Crippen LogP contribution in [-0.4, -0.2) is 33.5 Å². The Labute approximate surface area is 402 Å². The molecule has 8 nitrogen and oxygen atoms in total. The lowest BCUT2D eigenvalue weighted by Crippen LogP contribution is -2.19. The van der Waals surface area contributed by atoms with Crippen LogP contribution in [0.2, 0.25) is 0 Å². The van der Waals surface area contributed by atoms with E-state index in [1.807, 2.05) is 105 Å². The van der Waals surface area contributed by atoms with Crippen LogP contribution >= 0.6 is 15.9 Å². The topological polar surface area (TPSA) is 118 Å². The largest absolute Gasteiger partial charge is 0.461 e. The van der Waals surface area contributed by atoms with Crippen LogP contribution in [0, 0.1) is 11.8 Å². The zero-order valence-corrected chi connectivity index (χ0v) is 40.2. The number of nitrogens with one attached hydrogen (secondary N) is 2. The van der Waals surface area contributed by atoms with E-state index in [1.165, 1.54) is 16.5 Å². The summed E-state index contributed by atoms with van der Waals surface area (Å²) in [5, 5.41) is 2.34. The number of carbonyl (C=O) groups is 4. The van der Waals surface area contributed by atoms with Crippen molar-refractivity contribution >= 4 is 61.2 Å². The molecule has 5 aromatic carbocycles. The van der Waals surface area contributed by atoms with Gasteiger partial charge in [0.05, 0.1) is 4.60 Å². The molecule has 2 heterocycles. The zero-order valence-electron chi connectivity index (χ0n) is 38.7. The third-order valence-electron chi connectivity index (χ3n) is 13.8. The van der Waals surface area contributed by atoms with Gasteiger partial charge in [0.15, 0.2) is 11.6 Å². The number of aromatic amines is 2. The van der Waals surface area contributed by atoms with Gasteiger partial charge in [-0.3, -0.25) is 19.2 Å². The van der Waals surface area contributed by atoms with Gasteiger partial charge in [-0.25, -0.2) is 0 Å². The Morgan fingerprint density at radius 2 is 1.00 bits per heavy atom. The van der Waals surface area contributed by atoms with Crippen molar-refractivity contribution in [1.82, 2.24) is 9.97 Å². The van der Waals surface area contributed by atoms with Crippen LogP contribution in [-0.2, 0) is 32.3 Å². The van der Waals surface area contributed by atoms with Gasteiger partial charge in [0.2, 0.25) is 0 Å². The van der Waals surface area contributed by atoms with Crippen LogP contribution in [0.5, 0.6) is 0 Å². The minimum Gasteiger partial charge on any atom is -0.461 e. The van der Waals surface area contributed by atoms with E-state index in [0.29, 0.717) is 62.6 Å². The van der Waals surface area contributed by atoms with Gasteiger partial charge < -0.3 is 19.4 Å². The third kappa shape index (κ3) is 11.9. The second kappa shape index (κ2) is 22.6. The summed E-state index contributed by atoms with van der Waals surface area (Å²) in [4.78, 5) is 56.5. The van der Waals surface area contributed by atoms with Gasteiger partial charge in [-0.05, 0) is 118 Å². The van der Waals surface area contributed by atoms with Crippen molar-refractivity contribution in [3.63, 3.8) is 0 Å². The number of halogens is 1. The molecule has 2 N–H and O–H groups in total. The van der Waals surface area contributed by atoms with Gasteiger partial charge >= 0.3 is 11.9 Å². The van der Waals surface area contributed by atoms with Crippen molar-refractivity contribution < 1.29 is 28.7 Å². The Balaban J connectivity index is 0.000000184. The maximum absolute atomic E-state index is 12.6. The fraction of sp³-hybridized carbons (Fsp3) is 0.345. The standard InChI is InChI=1S/C32H33NO3.C26H28BrNO3/c1-2-29(34)25-16-17-27-28(20-25)33-32(24-13-7-4-8-14-24)31(27)26-15-9-12-23(18-26)19-30(35)36-21-22-10-5-3-6-11-22;1-2-23(29)19-11-12-21-22(15-19)28-26(27)25(21)20-10-6-9-18(13-20)14-24(30)31-16-17-7-4-3-5-8-17/h3-8,10-11,13-14,16-17,20,23,26,33H,2,9,12,15,18-19,21H2,1H3;3-5,7-8,11-12,15,18,20,28H,2,6,9-10,13-14,16H2,1H3. The molecule has 4 atom stereocenters. The highest BCUT2D eigenvalue weighted by Crippen LogP contribution is 2.46. The quantitative estimate of drug-likeness (QED) is 0.0780. The van der Waals surface area contributed by atoms with E-state index in [0.717, 1.165) is 106 Å². The van der Waals surface area contributed by atoms with Crippen LogP contribution in [0.4, 0.5) is 0 Å². The van der Waals surface area contributed by atoms with E-state index < -0.39 is 0 Å². The number of hydrogen-bond acceptors (Lipinski definition) is 6. The first-order valence-corrected chi connectivity index (χ1v) is 24.9. The number of H-pyrrole nitrogens is 2. The normalized spacial score (nSPS) is 18.2. The lowest BCUT2D eigenvalue weighted by molar-refractivity contribution is -0.147. The Morgan fingerprint density at radius 3 is 1.49 bits per heavy atom. The SMILES string of the molecule is CCC(=O)c1ccc2c(C3CCCC(CC(=O)OCc4ccccc4)C3)c(-c3ccccc3)[nH]c2c1.CCC(=O)c1ccc2c(C3CCCC(CC(=O)OCc4ccccc4)C3)c(Br)[nH]c2c1. The molecule has 2 aliphatic rings. The molecule has 7 aromatic rings. The average Bonchev–Trinajstić information content (AvgIpc) is 3.92. The minimum atomic E-state index is -0.116. The molecule has 9 rings (SSSR count). The van der Waals surface area contributed by atoms with Gasteiger partial charge in [0.1, 0.15) is 13.2 Å². The van der Waals surface area contributed by atoms with Crippen LogP contribution in [0.3, 0.4) is 0 Å². The lowest BCUT2D eigenvalue weighted by Gasteiger charge is -2.29. The van der Waals surface area contributed by atoms with E-state index in [9.17, 15) is 19.2 Å². The molecule has 2 aromatic heterocycles. The Bertz CT molecular complexity index is 2800. The minimum absolute atomic E-state index is 0.116. The fourth-order valence-corrected chi connectivity index (χ4v) is 11.1. The number of carbonyl (C=O) groups excluding carboxylic acids is 4. The second-order valence-corrected chi connectivity index (χ2v) is 19.2. The molecule has 2 fully saturated rings. The van der Waals surface area contributed by atoms with E-state index >= 15 is 0 Å². The molecule has 0 aliphatic heterocycles. The Hall–Kier alpha value is -6.06. The fourth-order valence-electron chi connectivity index (χ4n) is 10.4. The summed E-state index contributed by atoms with van der Waals surface area (Å²) in [6.07, 6.45) is 10.4. The molecular formula is C58H61BrN2O6. The van der Waals surface area contributed by atoms with E-state index in [-0.39, 0.29) is 23.5 Å². The summed E-state index contributed by atoms with van der Waals surface area (Å²) >= 11 is 3.71. The van der Waals surface area contributed by atoms with Crippen LogP contribution in [0.1, 0.15) is 146 Å². The van der Waals surface area contributed by atoms with Crippen molar-refractivity contribution in [3.8, 4) is 11.3 Å². The van der Waals surface area contributed by atoms with Crippen molar-refractivity contribution in [2.24, 2.45) is 11.8 Å². The van der Waals surface area contributed by atoms with Crippen molar-refractivity contribution in [2.75, 3.05) is 0 Å². The maximum atomic E-state index is 12.6. The number of esters is 2. The van der Waals surface area contributed by atoms with E-state index in [2.05, 4.69) is 62.3 Å². The number of ketones is 2. The summed E-state index contributed by atoms with van der Waals surface area (Å²) in [5.41, 5.74) is 10.4. The molecule has 0 spiro atoms. The number of rotatable bonds is 15. The molecule has 0 bridgehead atoms. The number of ether oxygens (including phenoxy) is 2. The van der Waals surface area contributed by atoms with E-state index in [1.54, 1.807) is 0 Å². The predicted molar refractivity (Wildman–Crippen MR) is 270 cm³/mol. The first-order chi connectivity index (χ1) is 32.7. The van der Waals surface area contributed by atoms with Gasteiger partial charge in [0, 0.05) is 64.3 Å². The lowest BCUT2D eigenvalue weighted by atomic mass is 9.75. The monoisotopic (exact) mass is 960 g/mol. The summed E-state index contributed by atoms with van der Waals surface area (Å²) < 4.78 is 12.1. The summed E-state index contributed by atoms with van der Waals surface area (Å²) in [6.45, 7) is 4.45. The molecule has 4 unspecified atom stereocenters. The van der Waals surface area contributed by atoms with Crippen molar-refractivity contribution in [2.45, 2.75) is 116 Å². The number of Topliss-reactive ketones (excluding diaryl/α,β-unsaturated/α-hetero) is 2. The predicted octanol–water partition coefficient (Wildman–Crippen LogP) is 14.8. The summed E-state index contributed by atoms with van der Waals surface area (Å²) in [7, 11) is 0. The van der Waals surface area contributed by atoms with E-state index in [4.69, 9.17) is 9.47 Å². The molecule has 67 heavy (non-hydrogen) atoms. The van der Waals surface area contributed by atoms with Crippen molar-refractivity contribution in [1.29, 1.82) is 0 Å². The first kappa shape index (κ1) is 47.4. The molecule has 9 heteroatoms. The summed E-state index contributed by atoms with van der Waals surface area (Å²) in [6, 6.07) is 42.1. The molecule has 346 valence electrons. The molecule has 0 radical (unpaired) electrons. The summed E-state index contributed by atoms with van der Waals surface area (Å²) in [5.74, 6) is 1.45. The molecule has 0 amide bonds.